The van der Waals surface area contributed by atoms with Gasteiger partial charge in [0.2, 0.25) is 0 Å². The highest BCUT2D eigenvalue weighted by atomic mass is 32.2. The van der Waals surface area contributed by atoms with E-state index in [9.17, 15) is 5.11 Å². The van der Waals surface area contributed by atoms with Crippen molar-refractivity contribution in [1.29, 1.82) is 0 Å². The SMILES string of the molecule is CC(C)(CO)CN=S1c2ccccc2-c2ccccc21. The van der Waals surface area contributed by atoms with Gasteiger partial charge in [-0.05, 0) is 34.0 Å². The second kappa shape index (κ2) is 5.15. The van der Waals surface area contributed by atoms with Crippen LogP contribution in [-0.2, 0) is 10.7 Å². The number of hydrogen-bond acceptors (Lipinski definition) is 2. The molecule has 0 aromatic heterocycles. The van der Waals surface area contributed by atoms with E-state index in [1.54, 1.807) is 0 Å². The van der Waals surface area contributed by atoms with E-state index in [2.05, 4.69) is 48.5 Å². The van der Waals surface area contributed by atoms with E-state index in [0.717, 1.165) is 0 Å². The molecule has 3 rings (SSSR count). The highest BCUT2D eigenvalue weighted by Crippen LogP contribution is 2.41. The summed E-state index contributed by atoms with van der Waals surface area (Å²) in [6.45, 7) is 4.94. The Labute approximate surface area is 122 Å². The lowest BCUT2D eigenvalue weighted by Crippen LogP contribution is -2.20. The van der Waals surface area contributed by atoms with Crippen LogP contribution in [0.15, 0.2) is 62.7 Å². The monoisotopic (exact) mass is 285 g/mol. The fourth-order valence-corrected chi connectivity index (χ4v) is 4.44. The summed E-state index contributed by atoms with van der Waals surface area (Å²) in [7, 11) is -0.211. The molecule has 3 heteroatoms. The molecule has 1 heterocycles. The molecule has 20 heavy (non-hydrogen) atoms. The van der Waals surface area contributed by atoms with Crippen molar-refractivity contribution in [2.75, 3.05) is 13.2 Å². The van der Waals surface area contributed by atoms with Gasteiger partial charge in [0, 0.05) is 21.8 Å². The van der Waals surface area contributed by atoms with Gasteiger partial charge in [-0.1, -0.05) is 50.2 Å². The normalized spacial score (nSPS) is 13.9. The lowest BCUT2D eigenvalue weighted by atomic mass is 9.96. The van der Waals surface area contributed by atoms with Crippen molar-refractivity contribution in [1.82, 2.24) is 0 Å². The quantitative estimate of drug-likeness (QED) is 0.777. The topological polar surface area (TPSA) is 32.6 Å². The van der Waals surface area contributed by atoms with Gasteiger partial charge in [-0.15, -0.1) is 0 Å². The molecule has 0 fully saturated rings. The predicted octanol–water partition coefficient (Wildman–Crippen LogP) is 3.91. The summed E-state index contributed by atoms with van der Waals surface area (Å²) in [5.74, 6) is 0. The summed E-state index contributed by atoms with van der Waals surface area (Å²) in [6, 6.07) is 17.0. The fourth-order valence-electron chi connectivity index (χ4n) is 2.26. The number of rotatable bonds is 3. The van der Waals surface area contributed by atoms with Crippen LogP contribution in [0.1, 0.15) is 13.8 Å². The van der Waals surface area contributed by atoms with Crippen LogP contribution in [-0.4, -0.2) is 18.3 Å². The molecule has 0 aliphatic carbocycles. The van der Waals surface area contributed by atoms with Crippen LogP contribution < -0.4 is 0 Å². The first-order valence-electron chi connectivity index (χ1n) is 6.84. The van der Waals surface area contributed by atoms with Crippen LogP contribution in [0.2, 0.25) is 0 Å². The van der Waals surface area contributed by atoms with Crippen molar-refractivity contribution in [3.8, 4) is 11.1 Å². The van der Waals surface area contributed by atoms with Gasteiger partial charge in [-0.3, -0.25) is 4.36 Å². The van der Waals surface area contributed by atoms with E-state index in [1.165, 1.54) is 20.9 Å². The Morgan fingerprint density at radius 1 is 0.950 bits per heavy atom. The van der Waals surface area contributed by atoms with Crippen molar-refractivity contribution in [2.45, 2.75) is 23.6 Å². The lowest BCUT2D eigenvalue weighted by molar-refractivity contribution is 0.168. The molecule has 1 aliphatic rings. The maximum Gasteiger partial charge on any atom is 0.0539 e. The van der Waals surface area contributed by atoms with Gasteiger partial charge in [-0.25, -0.2) is 0 Å². The largest absolute Gasteiger partial charge is 0.396 e. The maximum absolute atomic E-state index is 9.40. The zero-order valence-electron chi connectivity index (χ0n) is 11.8. The Morgan fingerprint density at radius 2 is 1.45 bits per heavy atom. The molecule has 0 saturated carbocycles. The van der Waals surface area contributed by atoms with Gasteiger partial charge in [0.25, 0.3) is 0 Å². The highest BCUT2D eigenvalue weighted by Gasteiger charge is 2.24. The summed E-state index contributed by atoms with van der Waals surface area (Å²) in [6.07, 6.45) is 0. The van der Waals surface area contributed by atoms with Crippen LogP contribution in [0, 0.1) is 5.41 Å². The lowest BCUT2D eigenvalue weighted by Gasteiger charge is -2.19. The summed E-state index contributed by atoms with van der Waals surface area (Å²) in [5.41, 5.74) is 2.45. The van der Waals surface area contributed by atoms with Gasteiger partial charge in [0.05, 0.1) is 6.54 Å². The van der Waals surface area contributed by atoms with Crippen LogP contribution >= 0.6 is 0 Å². The van der Waals surface area contributed by atoms with Gasteiger partial charge in [0.1, 0.15) is 0 Å². The Balaban J connectivity index is 2.10. The standard InChI is InChI=1S/C17H19NOS/c1-17(2,12-19)11-18-20-15-9-5-3-7-13(15)14-8-4-6-10-16(14)20/h3-10,19H,11-12H2,1-2H3. The number of fused-ring (bicyclic) bond motifs is 3. The van der Waals surface area contributed by atoms with Crippen molar-refractivity contribution >= 4 is 10.7 Å². The molecule has 0 spiro atoms. The van der Waals surface area contributed by atoms with Crippen LogP contribution in [0.4, 0.5) is 0 Å². The van der Waals surface area contributed by atoms with Crippen molar-refractivity contribution in [3.63, 3.8) is 0 Å². The van der Waals surface area contributed by atoms with Gasteiger partial charge in [-0.2, -0.15) is 0 Å². The molecule has 0 bridgehead atoms. The number of nitrogens with zero attached hydrogens (tertiary/aromatic N) is 1. The average molecular weight is 285 g/mol. The minimum atomic E-state index is -0.211. The molecule has 0 atom stereocenters. The fraction of sp³-hybridized carbons (Fsp3) is 0.294. The zero-order valence-corrected chi connectivity index (χ0v) is 12.7. The van der Waals surface area contributed by atoms with Gasteiger partial charge in [0.15, 0.2) is 0 Å². The third-order valence-corrected chi connectivity index (χ3v) is 5.46. The van der Waals surface area contributed by atoms with E-state index in [0.29, 0.717) is 6.54 Å². The van der Waals surface area contributed by atoms with E-state index in [4.69, 9.17) is 4.36 Å². The average Bonchev–Trinajstić information content (AvgIpc) is 2.80. The van der Waals surface area contributed by atoms with Crippen molar-refractivity contribution in [2.24, 2.45) is 9.78 Å². The summed E-state index contributed by atoms with van der Waals surface area (Å²) in [4.78, 5) is 2.62. The molecule has 0 saturated heterocycles. The van der Waals surface area contributed by atoms with E-state index < -0.39 is 0 Å². The Kier molecular flexibility index (Phi) is 3.48. The summed E-state index contributed by atoms with van der Waals surface area (Å²) in [5, 5.41) is 9.40. The van der Waals surface area contributed by atoms with Gasteiger partial charge < -0.3 is 5.11 Å². The smallest absolute Gasteiger partial charge is 0.0539 e. The Bertz CT molecular complexity index is 629. The molecule has 0 amide bonds. The minimum Gasteiger partial charge on any atom is -0.396 e. The Morgan fingerprint density at radius 3 is 1.95 bits per heavy atom. The Hall–Kier alpha value is -1.45. The predicted molar refractivity (Wildman–Crippen MR) is 83.9 cm³/mol. The number of hydrogen-bond donors (Lipinski definition) is 1. The van der Waals surface area contributed by atoms with Gasteiger partial charge >= 0.3 is 0 Å². The summed E-state index contributed by atoms with van der Waals surface area (Å²) < 4.78 is 4.92. The number of benzene rings is 2. The maximum atomic E-state index is 9.40. The van der Waals surface area contributed by atoms with Crippen LogP contribution in [0.25, 0.3) is 11.1 Å². The van der Waals surface area contributed by atoms with E-state index >= 15 is 0 Å². The second-order valence-corrected chi connectivity index (χ2v) is 7.59. The second-order valence-electron chi connectivity index (χ2n) is 5.89. The first-order valence-corrected chi connectivity index (χ1v) is 8.02. The molecule has 0 unspecified atom stereocenters. The van der Waals surface area contributed by atoms with Crippen LogP contribution in [0.3, 0.4) is 0 Å². The third-order valence-electron chi connectivity index (χ3n) is 3.53. The first-order chi connectivity index (χ1) is 9.62. The molecule has 2 nitrogen and oxygen atoms in total. The van der Waals surface area contributed by atoms with Crippen LogP contribution in [0.5, 0.6) is 0 Å². The molecular formula is C17H19NOS. The molecular weight excluding hydrogens is 266 g/mol. The zero-order chi connectivity index (χ0) is 14.2. The van der Waals surface area contributed by atoms with E-state index in [1.807, 2.05) is 13.8 Å². The molecule has 2 aromatic rings. The molecule has 2 aromatic carbocycles. The summed E-state index contributed by atoms with van der Waals surface area (Å²) >= 11 is 0. The number of aliphatic hydroxyl groups excluding tert-OH is 1. The first kappa shape index (κ1) is 13.5. The number of aliphatic hydroxyl groups is 1. The third kappa shape index (κ3) is 2.32. The van der Waals surface area contributed by atoms with E-state index in [-0.39, 0.29) is 22.7 Å². The highest BCUT2D eigenvalue weighted by molar-refractivity contribution is 7.88. The molecule has 1 aliphatic heterocycles. The van der Waals surface area contributed by atoms with Crippen molar-refractivity contribution < 1.29 is 5.11 Å². The molecule has 1 N–H and O–H groups in total. The molecule has 0 radical (unpaired) electrons. The van der Waals surface area contributed by atoms with Crippen molar-refractivity contribution in [3.05, 3.63) is 48.5 Å². The minimum absolute atomic E-state index is 0.153. The molecule has 104 valence electrons.